The highest BCUT2D eigenvalue weighted by Crippen LogP contribution is 2.19. The van der Waals surface area contributed by atoms with Crippen LogP contribution in [0.5, 0.6) is 0 Å². The standard InChI is InChI=1S/C21H26N4O3S/c1-2-23-20(13-16-14-25-19-6-4-3-5-18(16)19)21(26)24-12-11-15-7-9-17(10-8-15)29(22,27)28/h3-10,14,20,23,25H,2,11-13H2,1H3,(H,24,26)(H2,22,27,28). The largest absolute Gasteiger partial charge is 0.361 e. The number of primary sulfonamides is 1. The summed E-state index contributed by atoms with van der Waals surface area (Å²) in [5, 5.41) is 12.4. The van der Waals surface area contributed by atoms with E-state index in [0.29, 0.717) is 25.9 Å². The highest BCUT2D eigenvalue weighted by Gasteiger charge is 2.19. The van der Waals surface area contributed by atoms with E-state index in [-0.39, 0.29) is 16.8 Å². The molecule has 8 heteroatoms. The van der Waals surface area contributed by atoms with Crippen molar-refractivity contribution in [2.45, 2.75) is 30.7 Å². The fourth-order valence-corrected chi connectivity index (χ4v) is 3.84. The number of benzene rings is 2. The molecule has 0 aliphatic rings. The van der Waals surface area contributed by atoms with E-state index in [0.717, 1.165) is 22.0 Å². The maximum absolute atomic E-state index is 12.7. The highest BCUT2D eigenvalue weighted by atomic mass is 32.2. The number of para-hydroxylation sites is 1. The molecule has 1 unspecified atom stereocenters. The summed E-state index contributed by atoms with van der Waals surface area (Å²) < 4.78 is 22.6. The van der Waals surface area contributed by atoms with Gasteiger partial charge in [-0.25, -0.2) is 13.6 Å². The Morgan fingerprint density at radius 2 is 1.86 bits per heavy atom. The molecule has 1 aromatic heterocycles. The first-order chi connectivity index (χ1) is 13.9. The molecule has 0 aliphatic carbocycles. The van der Waals surface area contributed by atoms with Gasteiger partial charge in [0.1, 0.15) is 0 Å². The normalized spacial score (nSPS) is 12.8. The van der Waals surface area contributed by atoms with Crippen molar-refractivity contribution in [3.63, 3.8) is 0 Å². The number of hydrogen-bond donors (Lipinski definition) is 4. The zero-order valence-electron chi connectivity index (χ0n) is 16.3. The molecule has 0 saturated carbocycles. The van der Waals surface area contributed by atoms with Crippen LogP contribution in [0, 0.1) is 0 Å². The maximum Gasteiger partial charge on any atom is 0.238 e. The zero-order chi connectivity index (χ0) is 20.9. The Bertz CT molecular complexity index is 1070. The van der Waals surface area contributed by atoms with Gasteiger partial charge in [-0.2, -0.15) is 0 Å². The molecule has 3 rings (SSSR count). The molecule has 0 saturated heterocycles. The molecule has 1 atom stereocenters. The van der Waals surface area contributed by atoms with Crippen LogP contribution >= 0.6 is 0 Å². The van der Waals surface area contributed by atoms with Crippen molar-refractivity contribution in [2.75, 3.05) is 13.1 Å². The minimum Gasteiger partial charge on any atom is -0.361 e. The minimum atomic E-state index is -3.69. The van der Waals surface area contributed by atoms with Crippen LogP contribution < -0.4 is 15.8 Å². The third-order valence-corrected chi connectivity index (χ3v) is 5.76. The van der Waals surface area contributed by atoms with Crippen LogP contribution in [-0.4, -0.2) is 38.4 Å². The predicted molar refractivity (Wildman–Crippen MR) is 114 cm³/mol. The Morgan fingerprint density at radius 3 is 2.55 bits per heavy atom. The van der Waals surface area contributed by atoms with Gasteiger partial charge in [-0.1, -0.05) is 37.3 Å². The lowest BCUT2D eigenvalue weighted by molar-refractivity contribution is -0.123. The Labute approximate surface area is 170 Å². The van der Waals surface area contributed by atoms with Crippen LogP contribution in [0.3, 0.4) is 0 Å². The molecular formula is C21H26N4O3S. The van der Waals surface area contributed by atoms with Gasteiger partial charge in [-0.15, -0.1) is 0 Å². The molecule has 3 aromatic rings. The highest BCUT2D eigenvalue weighted by molar-refractivity contribution is 7.89. The van der Waals surface area contributed by atoms with Crippen LogP contribution in [0.2, 0.25) is 0 Å². The van der Waals surface area contributed by atoms with Crippen LogP contribution in [0.4, 0.5) is 0 Å². The molecule has 1 heterocycles. The summed E-state index contributed by atoms with van der Waals surface area (Å²) in [6.45, 7) is 3.13. The summed E-state index contributed by atoms with van der Waals surface area (Å²) >= 11 is 0. The number of likely N-dealkylation sites (N-methyl/N-ethyl adjacent to an activating group) is 1. The number of H-pyrrole nitrogens is 1. The van der Waals surface area contributed by atoms with Gasteiger partial charge in [0.05, 0.1) is 10.9 Å². The van der Waals surface area contributed by atoms with Crippen molar-refractivity contribution in [2.24, 2.45) is 5.14 Å². The van der Waals surface area contributed by atoms with Crippen molar-refractivity contribution >= 4 is 26.8 Å². The monoisotopic (exact) mass is 414 g/mol. The lowest BCUT2D eigenvalue weighted by atomic mass is 10.0. The number of rotatable bonds is 9. The van der Waals surface area contributed by atoms with Crippen molar-refractivity contribution in [3.8, 4) is 0 Å². The number of nitrogens with one attached hydrogen (secondary N) is 3. The summed E-state index contributed by atoms with van der Waals surface area (Å²) in [6, 6.07) is 14.1. The van der Waals surface area contributed by atoms with Gasteiger partial charge in [0.15, 0.2) is 0 Å². The predicted octanol–water partition coefficient (Wildman–Crippen LogP) is 1.69. The Morgan fingerprint density at radius 1 is 1.14 bits per heavy atom. The number of carbonyl (C=O) groups excluding carboxylic acids is 1. The first-order valence-corrected chi connectivity index (χ1v) is 11.1. The van der Waals surface area contributed by atoms with Gasteiger partial charge in [0.25, 0.3) is 0 Å². The molecule has 29 heavy (non-hydrogen) atoms. The molecule has 5 N–H and O–H groups in total. The fraction of sp³-hybridized carbons (Fsp3) is 0.286. The quantitative estimate of drug-likeness (QED) is 0.426. The molecule has 1 amide bonds. The molecule has 0 aliphatic heterocycles. The van der Waals surface area contributed by atoms with E-state index >= 15 is 0 Å². The number of hydrogen-bond acceptors (Lipinski definition) is 4. The lowest BCUT2D eigenvalue weighted by Gasteiger charge is -2.17. The number of nitrogens with two attached hydrogens (primary N) is 1. The summed E-state index contributed by atoms with van der Waals surface area (Å²) in [5.41, 5.74) is 3.08. The number of sulfonamides is 1. The van der Waals surface area contributed by atoms with E-state index in [1.165, 1.54) is 12.1 Å². The van der Waals surface area contributed by atoms with Gasteiger partial charge in [0.2, 0.25) is 15.9 Å². The smallest absolute Gasteiger partial charge is 0.238 e. The summed E-state index contributed by atoms with van der Waals surface area (Å²) in [4.78, 5) is 16.0. The van der Waals surface area contributed by atoms with E-state index in [1.807, 2.05) is 37.4 Å². The van der Waals surface area contributed by atoms with Gasteiger partial charge >= 0.3 is 0 Å². The van der Waals surface area contributed by atoms with Crippen molar-refractivity contribution in [3.05, 3.63) is 65.9 Å². The summed E-state index contributed by atoms with van der Waals surface area (Å²) in [7, 11) is -3.69. The molecule has 154 valence electrons. The molecule has 0 radical (unpaired) electrons. The Balaban J connectivity index is 1.58. The van der Waals surface area contributed by atoms with Crippen molar-refractivity contribution in [1.29, 1.82) is 0 Å². The van der Waals surface area contributed by atoms with Gasteiger partial charge in [-0.05, 0) is 48.7 Å². The van der Waals surface area contributed by atoms with Crippen molar-refractivity contribution < 1.29 is 13.2 Å². The maximum atomic E-state index is 12.7. The first-order valence-electron chi connectivity index (χ1n) is 9.56. The third-order valence-electron chi connectivity index (χ3n) is 4.83. The van der Waals surface area contributed by atoms with Gasteiger partial charge < -0.3 is 15.6 Å². The van der Waals surface area contributed by atoms with E-state index in [4.69, 9.17) is 5.14 Å². The average Bonchev–Trinajstić information content (AvgIpc) is 3.10. The molecule has 0 bridgehead atoms. The molecule has 0 fully saturated rings. The van der Waals surface area contributed by atoms with E-state index in [2.05, 4.69) is 15.6 Å². The van der Waals surface area contributed by atoms with E-state index in [1.54, 1.807) is 12.1 Å². The molecular weight excluding hydrogens is 388 g/mol. The summed E-state index contributed by atoms with van der Waals surface area (Å²) in [5.74, 6) is -0.0571. The first kappa shape index (κ1) is 21.0. The Hall–Kier alpha value is -2.68. The topological polar surface area (TPSA) is 117 Å². The van der Waals surface area contributed by atoms with E-state index < -0.39 is 10.0 Å². The van der Waals surface area contributed by atoms with Gasteiger partial charge in [-0.3, -0.25) is 4.79 Å². The molecule has 0 spiro atoms. The van der Waals surface area contributed by atoms with Gasteiger partial charge in [0, 0.05) is 23.6 Å². The lowest BCUT2D eigenvalue weighted by Crippen LogP contribution is -2.46. The second-order valence-electron chi connectivity index (χ2n) is 6.90. The van der Waals surface area contributed by atoms with E-state index in [9.17, 15) is 13.2 Å². The number of aromatic nitrogens is 1. The second-order valence-corrected chi connectivity index (χ2v) is 8.47. The second kappa shape index (κ2) is 9.21. The Kier molecular flexibility index (Phi) is 6.68. The number of carbonyl (C=O) groups is 1. The molecule has 7 nitrogen and oxygen atoms in total. The number of aromatic amines is 1. The van der Waals surface area contributed by atoms with Crippen LogP contribution in [0.15, 0.2) is 59.6 Å². The summed E-state index contributed by atoms with van der Waals surface area (Å²) in [6.07, 6.45) is 3.14. The van der Waals surface area contributed by atoms with Crippen LogP contribution in [0.1, 0.15) is 18.1 Å². The molecule has 2 aromatic carbocycles. The minimum absolute atomic E-state index is 0.0571. The third kappa shape index (κ3) is 5.44. The van der Waals surface area contributed by atoms with Crippen molar-refractivity contribution in [1.82, 2.24) is 15.6 Å². The SMILES string of the molecule is CCNC(Cc1c[nH]c2ccccc12)C(=O)NCCc1ccc(S(N)(=O)=O)cc1. The number of amides is 1. The number of fused-ring (bicyclic) bond motifs is 1. The van der Waals surface area contributed by atoms with Crippen LogP contribution in [0.25, 0.3) is 10.9 Å². The fourth-order valence-electron chi connectivity index (χ4n) is 3.32. The zero-order valence-corrected chi connectivity index (χ0v) is 17.1. The average molecular weight is 415 g/mol. The van der Waals surface area contributed by atoms with Crippen LogP contribution in [-0.2, 0) is 27.7 Å².